The van der Waals surface area contributed by atoms with Crippen molar-refractivity contribution >= 4 is 10.8 Å². The van der Waals surface area contributed by atoms with Gasteiger partial charge in [0.25, 0.3) is 0 Å². The van der Waals surface area contributed by atoms with Crippen molar-refractivity contribution < 1.29 is 0 Å². The summed E-state index contributed by atoms with van der Waals surface area (Å²) in [5.41, 5.74) is 15.4. The minimum atomic E-state index is -0.451. The molecule has 1 heterocycles. The SMILES string of the molecule is CC1(C)c2ccccc2C2(c3ccccc3-c3c(-c4cccc5c(-c6nc(-c7ccccc7)nc(-c7ccccc7)n6)cccc45)cccc32)c2ccccc21. The molecule has 11 rings (SSSR count). The molecule has 9 aromatic rings. The standard InChI is InChI=1S/C53H37N3/c1-52(2)43-29-11-13-31-45(43)53(46-32-14-12-30-44(46)52)42-28-10-9-22-41(42)48-39(26-17-33-47(48)53)37-24-15-25-38-36(37)23-16-27-40(38)51-55-49(34-18-5-3-6-19-34)54-50(56-51)35-20-7-4-8-21-35/h3-33H,1-2H3. The van der Waals surface area contributed by atoms with E-state index in [0.717, 1.165) is 27.5 Å². The summed E-state index contributed by atoms with van der Waals surface area (Å²) in [5.74, 6) is 1.96. The van der Waals surface area contributed by atoms with Crippen LogP contribution in [0.3, 0.4) is 0 Å². The highest BCUT2D eigenvalue weighted by molar-refractivity contribution is 6.07. The summed E-state index contributed by atoms with van der Waals surface area (Å²) in [7, 11) is 0. The maximum atomic E-state index is 5.13. The van der Waals surface area contributed by atoms with Crippen LogP contribution < -0.4 is 0 Å². The van der Waals surface area contributed by atoms with E-state index in [1.54, 1.807) is 0 Å². The number of nitrogens with zero attached hydrogens (tertiary/aromatic N) is 3. The summed E-state index contributed by atoms with van der Waals surface area (Å²) in [6, 6.07) is 67.9. The van der Waals surface area contributed by atoms with E-state index in [-0.39, 0.29) is 5.41 Å². The van der Waals surface area contributed by atoms with Crippen molar-refractivity contribution in [2.24, 2.45) is 0 Å². The van der Waals surface area contributed by atoms with Crippen LogP contribution in [0.15, 0.2) is 188 Å². The van der Waals surface area contributed by atoms with Gasteiger partial charge in [0.05, 0.1) is 5.41 Å². The van der Waals surface area contributed by atoms with Crippen LogP contribution in [0.25, 0.3) is 67.2 Å². The van der Waals surface area contributed by atoms with E-state index in [4.69, 9.17) is 15.0 Å². The predicted molar refractivity (Wildman–Crippen MR) is 229 cm³/mol. The molecule has 0 fully saturated rings. The zero-order valence-corrected chi connectivity index (χ0v) is 31.2. The first-order chi connectivity index (χ1) is 27.5. The van der Waals surface area contributed by atoms with Gasteiger partial charge < -0.3 is 0 Å². The molecular formula is C53H37N3. The molecule has 2 aliphatic carbocycles. The van der Waals surface area contributed by atoms with Gasteiger partial charge in [-0.3, -0.25) is 0 Å². The molecule has 3 heteroatoms. The van der Waals surface area contributed by atoms with E-state index >= 15 is 0 Å². The number of hydrogen-bond acceptors (Lipinski definition) is 3. The van der Waals surface area contributed by atoms with E-state index in [1.807, 2.05) is 36.4 Å². The Morgan fingerprint density at radius 3 is 1.32 bits per heavy atom. The number of hydrogen-bond donors (Lipinski definition) is 0. The van der Waals surface area contributed by atoms with Crippen LogP contribution in [-0.4, -0.2) is 15.0 Å². The van der Waals surface area contributed by atoms with Crippen molar-refractivity contribution in [3.63, 3.8) is 0 Å². The third-order valence-electron chi connectivity index (χ3n) is 12.2. The second-order valence-electron chi connectivity index (χ2n) is 15.5. The van der Waals surface area contributed by atoms with Gasteiger partial charge in [-0.25, -0.2) is 15.0 Å². The molecule has 0 unspecified atom stereocenters. The second-order valence-corrected chi connectivity index (χ2v) is 15.5. The summed E-state index contributed by atoms with van der Waals surface area (Å²) in [4.78, 5) is 15.2. The number of rotatable bonds is 4. The van der Waals surface area contributed by atoms with E-state index in [9.17, 15) is 0 Å². The molecule has 2 aliphatic rings. The molecule has 1 aromatic heterocycles. The molecule has 0 atom stereocenters. The zero-order valence-electron chi connectivity index (χ0n) is 31.2. The molecule has 0 radical (unpaired) electrons. The molecule has 0 saturated carbocycles. The van der Waals surface area contributed by atoms with Crippen molar-refractivity contribution in [3.05, 3.63) is 221 Å². The van der Waals surface area contributed by atoms with Crippen LogP contribution in [0.4, 0.5) is 0 Å². The third kappa shape index (κ3) is 4.55. The highest BCUT2D eigenvalue weighted by Crippen LogP contribution is 2.63. The fourth-order valence-electron chi connectivity index (χ4n) is 9.80. The molecule has 0 aliphatic heterocycles. The Morgan fingerprint density at radius 2 is 0.714 bits per heavy atom. The van der Waals surface area contributed by atoms with Crippen LogP contribution >= 0.6 is 0 Å². The second kappa shape index (κ2) is 12.3. The van der Waals surface area contributed by atoms with Gasteiger partial charge in [0, 0.05) is 22.1 Å². The minimum absolute atomic E-state index is 0.143. The summed E-state index contributed by atoms with van der Waals surface area (Å²) in [5, 5.41) is 2.26. The maximum absolute atomic E-state index is 5.13. The zero-order chi connectivity index (χ0) is 37.4. The van der Waals surface area contributed by atoms with Gasteiger partial charge in [0.15, 0.2) is 17.5 Å². The third-order valence-corrected chi connectivity index (χ3v) is 12.2. The largest absolute Gasteiger partial charge is 0.208 e. The summed E-state index contributed by atoms with van der Waals surface area (Å²) in [6.07, 6.45) is 0. The molecular weight excluding hydrogens is 679 g/mol. The molecule has 0 N–H and O–H groups in total. The first-order valence-electron chi connectivity index (χ1n) is 19.4. The van der Waals surface area contributed by atoms with Crippen molar-refractivity contribution in [1.82, 2.24) is 15.0 Å². The smallest absolute Gasteiger partial charge is 0.164 e. The van der Waals surface area contributed by atoms with Gasteiger partial charge >= 0.3 is 0 Å². The molecule has 0 bridgehead atoms. The van der Waals surface area contributed by atoms with Gasteiger partial charge in [-0.1, -0.05) is 202 Å². The first kappa shape index (κ1) is 32.5. The molecule has 3 nitrogen and oxygen atoms in total. The number of benzene rings is 8. The van der Waals surface area contributed by atoms with Gasteiger partial charge in [-0.2, -0.15) is 0 Å². The number of aromatic nitrogens is 3. The Bertz CT molecular complexity index is 2890. The summed E-state index contributed by atoms with van der Waals surface area (Å²) >= 11 is 0. The van der Waals surface area contributed by atoms with Gasteiger partial charge in [0.2, 0.25) is 0 Å². The normalized spacial score (nSPS) is 14.2. The molecule has 264 valence electrons. The predicted octanol–water partition coefficient (Wildman–Crippen LogP) is 12.7. The minimum Gasteiger partial charge on any atom is -0.208 e. The number of fused-ring (bicyclic) bond motifs is 10. The molecule has 0 amide bonds. The van der Waals surface area contributed by atoms with E-state index in [2.05, 4.69) is 166 Å². The van der Waals surface area contributed by atoms with Crippen LogP contribution in [0.2, 0.25) is 0 Å². The molecule has 0 saturated heterocycles. The van der Waals surface area contributed by atoms with Crippen LogP contribution in [0.1, 0.15) is 47.2 Å². The molecule has 1 spiro atoms. The fourth-order valence-corrected chi connectivity index (χ4v) is 9.80. The lowest BCUT2D eigenvalue weighted by Gasteiger charge is -2.46. The lowest BCUT2D eigenvalue weighted by molar-refractivity contribution is 0.563. The van der Waals surface area contributed by atoms with E-state index in [1.165, 1.54) is 55.6 Å². The van der Waals surface area contributed by atoms with Crippen molar-refractivity contribution in [1.29, 1.82) is 0 Å². The van der Waals surface area contributed by atoms with Gasteiger partial charge in [-0.15, -0.1) is 0 Å². The lowest BCUT2D eigenvalue weighted by Crippen LogP contribution is -2.40. The van der Waals surface area contributed by atoms with Gasteiger partial charge in [-0.05, 0) is 66.4 Å². The van der Waals surface area contributed by atoms with Crippen molar-refractivity contribution in [2.75, 3.05) is 0 Å². The maximum Gasteiger partial charge on any atom is 0.164 e. The monoisotopic (exact) mass is 715 g/mol. The summed E-state index contributed by atoms with van der Waals surface area (Å²) < 4.78 is 0. The molecule has 8 aromatic carbocycles. The van der Waals surface area contributed by atoms with Crippen molar-refractivity contribution in [2.45, 2.75) is 24.7 Å². The highest BCUT2D eigenvalue weighted by Gasteiger charge is 2.53. The average Bonchev–Trinajstić information content (AvgIpc) is 3.57. The lowest BCUT2D eigenvalue weighted by atomic mass is 9.55. The quantitative estimate of drug-likeness (QED) is 0.182. The van der Waals surface area contributed by atoms with E-state index < -0.39 is 5.41 Å². The van der Waals surface area contributed by atoms with Crippen LogP contribution in [-0.2, 0) is 10.8 Å². The van der Waals surface area contributed by atoms with Gasteiger partial charge in [0.1, 0.15) is 0 Å². The topological polar surface area (TPSA) is 38.7 Å². The Labute approximate surface area is 327 Å². The Morgan fingerprint density at radius 1 is 0.304 bits per heavy atom. The van der Waals surface area contributed by atoms with Crippen LogP contribution in [0.5, 0.6) is 0 Å². The summed E-state index contributed by atoms with van der Waals surface area (Å²) in [6.45, 7) is 4.75. The molecule has 56 heavy (non-hydrogen) atoms. The van der Waals surface area contributed by atoms with Crippen LogP contribution in [0, 0.1) is 0 Å². The Kier molecular flexibility index (Phi) is 7.11. The van der Waals surface area contributed by atoms with E-state index in [0.29, 0.717) is 17.5 Å². The first-order valence-corrected chi connectivity index (χ1v) is 19.4. The fraction of sp³-hybridized carbons (Fsp3) is 0.0755. The Hall–Kier alpha value is -6.97. The highest BCUT2D eigenvalue weighted by atomic mass is 15.0. The van der Waals surface area contributed by atoms with Crippen molar-refractivity contribution in [3.8, 4) is 56.4 Å². The average molecular weight is 716 g/mol. The Balaban J connectivity index is 1.16.